The molecule has 14 heavy (non-hydrogen) atoms. The smallest absolute Gasteiger partial charge is 0.211 e. The number of hydrogen-bond donors (Lipinski definition) is 0. The van der Waals surface area contributed by atoms with Gasteiger partial charge in [-0.15, -0.1) is 0 Å². The fraction of sp³-hybridized carbons (Fsp3) is 0.200. The first-order valence-electron chi connectivity index (χ1n) is 3.82. The summed E-state index contributed by atoms with van der Waals surface area (Å²) >= 11 is 0. The third-order valence-corrected chi connectivity index (χ3v) is 1.50. The predicted molar refractivity (Wildman–Crippen MR) is 52.9 cm³/mol. The Labute approximate surface area is 82.1 Å². The number of rotatable bonds is 4. The van der Waals surface area contributed by atoms with Gasteiger partial charge < -0.3 is 0 Å². The van der Waals surface area contributed by atoms with Crippen molar-refractivity contribution >= 4 is 12.2 Å². The van der Waals surface area contributed by atoms with E-state index >= 15 is 0 Å². The summed E-state index contributed by atoms with van der Waals surface area (Å²) in [4.78, 5) is 26.5. The molecular formula is C10H10N2O2. The maximum atomic E-state index is 9.92. The zero-order chi connectivity index (χ0) is 11.0. The van der Waals surface area contributed by atoms with Crippen LogP contribution in [0, 0.1) is 0 Å². The standard InChI is InChI=1S/C10H10N2O2/c1-8(10(3)12-7-14)4-5-9(2)11-6-13/h4-5H,2H2,1,3H3/b5-4-,10-8+. The third kappa shape index (κ3) is 4.78. The molecule has 0 aromatic heterocycles. The Morgan fingerprint density at radius 1 is 1.14 bits per heavy atom. The van der Waals surface area contributed by atoms with E-state index in [9.17, 15) is 9.59 Å². The van der Waals surface area contributed by atoms with Crippen molar-refractivity contribution in [3.05, 3.63) is 35.7 Å². The highest BCUT2D eigenvalue weighted by atomic mass is 16.1. The molecule has 0 rings (SSSR count). The number of hydrogen-bond acceptors (Lipinski definition) is 4. The molecule has 0 N–H and O–H groups in total. The van der Waals surface area contributed by atoms with Crippen LogP contribution in [0.1, 0.15) is 13.8 Å². The summed E-state index contributed by atoms with van der Waals surface area (Å²) < 4.78 is 0. The van der Waals surface area contributed by atoms with E-state index in [0.717, 1.165) is 5.57 Å². The van der Waals surface area contributed by atoms with Crippen molar-refractivity contribution in [3.63, 3.8) is 0 Å². The third-order valence-electron chi connectivity index (χ3n) is 1.50. The van der Waals surface area contributed by atoms with E-state index in [2.05, 4.69) is 16.6 Å². The van der Waals surface area contributed by atoms with Gasteiger partial charge in [-0.1, -0.05) is 12.7 Å². The van der Waals surface area contributed by atoms with Gasteiger partial charge in [-0.25, -0.2) is 9.59 Å². The van der Waals surface area contributed by atoms with Crippen molar-refractivity contribution in [1.29, 1.82) is 0 Å². The van der Waals surface area contributed by atoms with Crippen LogP contribution in [0.4, 0.5) is 0 Å². The molecule has 0 spiro atoms. The SMILES string of the molecule is C=C(/C=C\C(C)=C(/C)N=C=O)N=C=O. The molecule has 0 fully saturated rings. The Balaban J connectivity index is 4.68. The molecule has 0 aromatic rings. The molecule has 0 unspecified atom stereocenters. The summed E-state index contributed by atoms with van der Waals surface area (Å²) in [7, 11) is 0. The first-order valence-corrected chi connectivity index (χ1v) is 3.82. The lowest BCUT2D eigenvalue weighted by Gasteiger charge is -1.93. The van der Waals surface area contributed by atoms with Crippen LogP contribution in [-0.4, -0.2) is 12.2 Å². The summed E-state index contributed by atoms with van der Waals surface area (Å²) in [5.41, 5.74) is 1.62. The number of aliphatic imine (C=N–C) groups is 2. The fourth-order valence-electron chi connectivity index (χ4n) is 0.594. The minimum atomic E-state index is 0.294. The summed E-state index contributed by atoms with van der Waals surface area (Å²) in [6.07, 6.45) is 5.99. The molecule has 0 aromatic carbocycles. The fourth-order valence-corrected chi connectivity index (χ4v) is 0.594. The summed E-state index contributed by atoms with van der Waals surface area (Å²) in [6, 6.07) is 0. The Bertz CT molecular complexity index is 379. The van der Waals surface area contributed by atoms with Gasteiger partial charge in [0.2, 0.25) is 12.2 Å². The number of carbonyl (C=O) groups excluding carboxylic acids is 2. The Morgan fingerprint density at radius 3 is 2.21 bits per heavy atom. The lowest BCUT2D eigenvalue weighted by molar-refractivity contribution is 0.564. The van der Waals surface area contributed by atoms with Crippen LogP contribution in [0.3, 0.4) is 0 Å². The van der Waals surface area contributed by atoms with Gasteiger partial charge in [0, 0.05) is 0 Å². The van der Waals surface area contributed by atoms with Crippen molar-refractivity contribution in [2.24, 2.45) is 9.98 Å². The number of allylic oxidation sites excluding steroid dienone is 4. The second-order valence-corrected chi connectivity index (χ2v) is 2.50. The molecule has 0 amide bonds. The Hall–Kier alpha value is -2.02. The molecule has 72 valence electrons. The van der Waals surface area contributed by atoms with Gasteiger partial charge >= 0.3 is 0 Å². The molecule has 4 nitrogen and oxygen atoms in total. The van der Waals surface area contributed by atoms with Crippen LogP contribution < -0.4 is 0 Å². The molecule has 0 aliphatic carbocycles. The van der Waals surface area contributed by atoms with Gasteiger partial charge in [0.1, 0.15) is 0 Å². The Kier molecular flexibility index (Phi) is 5.55. The van der Waals surface area contributed by atoms with Gasteiger partial charge in [0.05, 0.1) is 11.4 Å². The van der Waals surface area contributed by atoms with E-state index < -0.39 is 0 Å². The van der Waals surface area contributed by atoms with Crippen molar-refractivity contribution in [2.45, 2.75) is 13.8 Å². The first kappa shape index (κ1) is 12.0. The van der Waals surface area contributed by atoms with E-state index in [1.807, 2.05) is 0 Å². The monoisotopic (exact) mass is 190 g/mol. The van der Waals surface area contributed by atoms with Crippen molar-refractivity contribution in [1.82, 2.24) is 0 Å². The van der Waals surface area contributed by atoms with Crippen LogP contribution in [0.15, 0.2) is 45.7 Å². The van der Waals surface area contributed by atoms with Gasteiger partial charge in [-0.2, -0.15) is 9.98 Å². The maximum absolute atomic E-state index is 9.92. The molecule has 0 saturated heterocycles. The van der Waals surface area contributed by atoms with Crippen LogP contribution in [0.25, 0.3) is 0 Å². The van der Waals surface area contributed by atoms with E-state index in [-0.39, 0.29) is 0 Å². The minimum absolute atomic E-state index is 0.294. The van der Waals surface area contributed by atoms with Gasteiger partial charge in [-0.05, 0) is 25.5 Å². The van der Waals surface area contributed by atoms with Gasteiger partial charge in [-0.3, -0.25) is 0 Å². The maximum Gasteiger partial charge on any atom is 0.240 e. The molecule has 4 heteroatoms. The zero-order valence-corrected chi connectivity index (χ0v) is 8.07. The number of isocyanates is 2. The van der Waals surface area contributed by atoms with Crippen molar-refractivity contribution < 1.29 is 9.59 Å². The molecule has 0 aliphatic heterocycles. The normalized spacial score (nSPS) is 11.3. The molecular weight excluding hydrogens is 180 g/mol. The molecule has 0 atom stereocenters. The summed E-state index contributed by atoms with van der Waals surface area (Å²) in [5.74, 6) is 0. The molecule has 0 aliphatic rings. The average Bonchev–Trinajstić information content (AvgIpc) is 2.15. The van der Waals surface area contributed by atoms with Crippen LogP contribution in [0.2, 0.25) is 0 Å². The highest BCUT2D eigenvalue weighted by molar-refractivity contribution is 5.41. The highest BCUT2D eigenvalue weighted by Gasteiger charge is 1.90. The quantitative estimate of drug-likeness (QED) is 0.387. The van der Waals surface area contributed by atoms with E-state index in [1.165, 1.54) is 18.2 Å². The van der Waals surface area contributed by atoms with Crippen LogP contribution in [0.5, 0.6) is 0 Å². The largest absolute Gasteiger partial charge is 0.240 e. The lowest BCUT2D eigenvalue weighted by Crippen LogP contribution is -1.76. The van der Waals surface area contributed by atoms with E-state index in [4.69, 9.17) is 0 Å². The van der Waals surface area contributed by atoms with Gasteiger partial charge in [0.25, 0.3) is 0 Å². The molecule has 0 saturated carbocycles. The molecule has 0 heterocycles. The second kappa shape index (κ2) is 6.49. The zero-order valence-electron chi connectivity index (χ0n) is 8.07. The van der Waals surface area contributed by atoms with E-state index in [0.29, 0.717) is 11.4 Å². The summed E-state index contributed by atoms with van der Waals surface area (Å²) in [6.45, 7) is 6.92. The predicted octanol–water partition coefficient (Wildman–Crippen LogP) is 2.02. The second-order valence-electron chi connectivity index (χ2n) is 2.50. The van der Waals surface area contributed by atoms with Crippen LogP contribution in [-0.2, 0) is 9.59 Å². The first-order chi connectivity index (χ1) is 6.61. The van der Waals surface area contributed by atoms with Gasteiger partial charge in [0.15, 0.2) is 0 Å². The average molecular weight is 190 g/mol. The van der Waals surface area contributed by atoms with E-state index in [1.54, 1.807) is 19.9 Å². The topological polar surface area (TPSA) is 58.9 Å². The minimum Gasteiger partial charge on any atom is -0.211 e. The van der Waals surface area contributed by atoms with Crippen molar-refractivity contribution in [2.75, 3.05) is 0 Å². The highest BCUT2D eigenvalue weighted by Crippen LogP contribution is 2.06. The summed E-state index contributed by atoms with van der Waals surface area (Å²) in [5, 5.41) is 0. The molecule has 0 bridgehead atoms. The Morgan fingerprint density at radius 2 is 1.71 bits per heavy atom. The number of nitrogens with zero attached hydrogens (tertiary/aromatic N) is 2. The lowest BCUT2D eigenvalue weighted by atomic mass is 10.2. The van der Waals surface area contributed by atoms with Crippen LogP contribution >= 0.6 is 0 Å². The molecule has 0 radical (unpaired) electrons. The van der Waals surface area contributed by atoms with Crippen molar-refractivity contribution in [3.8, 4) is 0 Å².